The summed E-state index contributed by atoms with van der Waals surface area (Å²) >= 11 is 1.99. The van der Waals surface area contributed by atoms with Crippen molar-refractivity contribution in [2.75, 3.05) is 17.6 Å². The first-order valence-corrected chi connectivity index (χ1v) is 4.27. The van der Waals surface area contributed by atoms with E-state index < -0.39 is 0 Å². The molecule has 0 unspecified atom stereocenters. The van der Waals surface area contributed by atoms with Gasteiger partial charge in [0.05, 0.1) is 4.43 Å². The van der Waals surface area contributed by atoms with Crippen molar-refractivity contribution >= 4 is 28.5 Å². The van der Waals surface area contributed by atoms with E-state index in [1.807, 2.05) is 22.6 Å². The van der Waals surface area contributed by atoms with E-state index in [9.17, 15) is 4.79 Å². The quantitative estimate of drug-likeness (QED) is 0.412. The van der Waals surface area contributed by atoms with Crippen molar-refractivity contribution in [3.63, 3.8) is 0 Å². The van der Waals surface area contributed by atoms with Gasteiger partial charge < -0.3 is 10.4 Å². The van der Waals surface area contributed by atoms with E-state index in [-0.39, 0.29) is 12.5 Å². The zero-order chi connectivity index (χ0) is 7.11. The molecule has 9 heavy (non-hydrogen) atoms. The number of amides is 1. The van der Waals surface area contributed by atoms with E-state index in [2.05, 4.69) is 5.32 Å². The largest absolute Gasteiger partial charge is 0.396 e. The fourth-order valence-electron chi connectivity index (χ4n) is 0.354. The average molecular weight is 243 g/mol. The number of alkyl halides is 1. The number of aliphatic hydroxyl groups excluding tert-OH is 1. The van der Waals surface area contributed by atoms with Crippen LogP contribution in [0, 0.1) is 0 Å². The number of aliphatic hydroxyl groups is 1. The molecular formula is C5H10INO2. The molecule has 0 aromatic heterocycles. The second-order valence-corrected chi connectivity index (χ2v) is 2.32. The first-order valence-electron chi connectivity index (χ1n) is 2.74. The molecule has 0 aliphatic rings. The van der Waals surface area contributed by atoms with Gasteiger partial charge in [-0.1, -0.05) is 22.6 Å². The van der Waals surface area contributed by atoms with Crippen LogP contribution >= 0.6 is 22.6 Å². The topological polar surface area (TPSA) is 49.3 Å². The lowest BCUT2D eigenvalue weighted by Gasteiger charge is -1.98. The van der Waals surface area contributed by atoms with Crippen molar-refractivity contribution in [1.82, 2.24) is 5.32 Å². The van der Waals surface area contributed by atoms with Crippen LogP contribution in [-0.4, -0.2) is 28.6 Å². The van der Waals surface area contributed by atoms with E-state index in [0.29, 0.717) is 17.4 Å². The van der Waals surface area contributed by atoms with Gasteiger partial charge in [0, 0.05) is 13.2 Å². The van der Waals surface area contributed by atoms with Gasteiger partial charge in [0.2, 0.25) is 5.91 Å². The van der Waals surface area contributed by atoms with Crippen molar-refractivity contribution in [3.8, 4) is 0 Å². The predicted octanol–water partition coefficient (Wildman–Crippen LogP) is -0.0800. The summed E-state index contributed by atoms with van der Waals surface area (Å²) in [7, 11) is 0. The number of hydrogen-bond donors (Lipinski definition) is 2. The van der Waals surface area contributed by atoms with Crippen LogP contribution in [0.4, 0.5) is 0 Å². The number of hydrogen-bond acceptors (Lipinski definition) is 2. The molecule has 0 fully saturated rings. The normalized spacial score (nSPS) is 9.11. The van der Waals surface area contributed by atoms with E-state index in [4.69, 9.17) is 5.11 Å². The maximum atomic E-state index is 10.5. The lowest BCUT2D eigenvalue weighted by Crippen LogP contribution is -2.25. The van der Waals surface area contributed by atoms with Crippen LogP contribution in [0.15, 0.2) is 0 Å². The molecule has 0 bridgehead atoms. The molecule has 0 saturated heterocycles. The summed E-state index contributed by atoms with van der Waals surface area (Å²) in [5.74, 6) is 0.0315. The molecule has 0 radical (unpaired) electrons. The minimum absolute atomic E-state index is 0.0315. The molecule has 0 aromatic carbocycles. The number of nitrogens with one attached hydrogen (secondary N) is 1. The van der Waals surface area contributed by atoms with Crippen molar-refractivity contribution < 1.29 is 9.90 Å². The zero-order valence-corrected chi connectivity index (χ0v) is 7.22. The van der Waals surface area contributed by atoms with Gasteiger partial charge in [0.1, 0.15) is 0 Å². The highest BCUT2D eigenvalue weighted by Gasteiger charge is 1.93. The monoisotopic (exact) mass is 243 g/mol. The molecule has 0 aliphatic carbocycles. The summed E-state index contributed by atoms with van der Waals surface area (Å²) in [4.78, 5) is 10.5. The van der Waals surface area contributed by atoms with Crippen LogP contribution in [0.5, 0.6) is 0 Å². The summed E-state index contributed by atoms with van der Waals surface area (Å²) < 4.78 is 0.489. The van der Waals surface area contributed by atoms with Crippen molar-refractivity contribution in [1.29, 1.82) is 0 Å². The Morgan fingerprint density at radius 2 is 2.33 bits per heavy atom. The van der Waals surface area contributed by atoms with E-state index >= 15 is 0 Å². The first-order chi connectivity index (χ1) is 4.31. The van der Waals surface area contributed by atoms with Crippen molar-refractivity contribution in [3.05, 3.63) is 0 Å². The van der Waals surface area contributed by atoms with E-state index in [1.165, 1.54) is 0 Å². The third kappa shape index (κ3) is 6.04. The van der Waals surface area contributed by atoms with Crippen molar-refractivity contribution in [2.45, 2.75) is 6.42 Å². The Bertz CT molecular complexity index is 87.0. The third-order valence-corrected chi connectivity index (χ3v) is 1.47. The Balaban J connectivity index is 2.97. The summed E-state index contributed by atoms with van der Waals surface area (Å²) in [6, 6.07) is 0. The SMILES string of the molecule is O=C(CI)NCCCO. The Labute approximate surface area is 68.0 Å². The molecule has 3 nitrogen and oxygen atoms in total. The Morgan fingerprint density at radius 3 is 2.78 bits per heavy atom. The molecule has 0 aliphatic heterocycles. The fraction of sp³-hybridized carbons (Fsp3) is 0.800. The van der Waals surface area contributed by atoms with Crippen LogP contribution in [0.3, 0.4) is 0 Å². The Morgan fingerprint density at radius 1 is 1.67 bits per heavy atom. The summed E-state index contributed by atoms with van der Waals surface area (Å²) in [5.41, 5.74) is 0. The van der Waals surface area contributed by atoms with Gasteiger partial charge in [0.25, 0.3) is 0 Å². The van der Waals surface area contributed by atoms with E-state index in [1.54, 1.807) is 0 Å². The second-order valence-electron chi connectivity index (χ2n) is 1.56. The second kappa shape index (κ2) is 6.28. The lowest BCUT2D eigenvalue weighted by molar-refractivity contribution is -0.118. The molecule has 0 spiro atoms. The van der Waals surface area contributed by atoms with Crippen LogP contribution in [0.2, 0.25) is 0 Å². The smallest absolute Gasteiger partial charge is 0.229 e. The number of rotatable bonds is 4. The molecule has 4 heteroatoms. The highest BCUT2D eigenvalue weighted by Crippen LogP contribution is 1.79. The molecule has 1 amide bonds. The third-order valence-electron chi connectivity index (χ3n) is 0.778. The van der Waals surface area contributed by atoms with Gasteiger partial charge in [-0.3, -0.25) is 4.79 Å². The lowest BCUT2D eigenvalue weighted by atomic mass is 10.4. The summed E-state index contributed by atoms with van der Waals surface area (Å²) in [5, 5.41) is 10.9. The molecule has 2 N–H and O–H groups in total. The zero-order valence-electron chi connectivity index (χ0n) is 5.06. The molecule has 54 valence electrons. The van der Waals surface area contributed by atoms with Gasteiger partial charge in [-0.05, 0) is 6.42 Å². The number of carbonyl (C=O) groups is 1. The fourth-order valence-corrected chi connectivity index (χ4v) is 0.624. The maximum absolute atomic E-state index is 10.5. The summed E-state index contributed by atoms with van der Waals surface area (Å²) in [6.45, 7) is 0.722. The van der Waals surface area contributed by atoms with Gasteiger partial charge in [0.15, 0.2) is 0 Å². The summed E-state index contributed by atoms with van der Waals surface area (Å²) in [6.07, 6.45) is 0.641. The number of halogens is 1. The Kier molecular flexibility index (Phi) is 6.39. The highest BCUT2D eigenvalue weighted by atomic mass is 127. The van der Waals surface area contributed by atoms with Crippen LogP contribution in [-0.2, 0) is 4.79 Å². The van der Waals surface area contributed by atoms with Crippen LogP contribution in [0.25, 0.3) is 0 Å². The minimum Gasteiger partial charge on any atom is -0.396 e. The van der Waals surface area contributed by atoms with Gasteiger partial charge in [-0.15, -0.1) is 0 Å². The Hall–Kier alpha value is 0.160. The molecule has 0 aromatic rings. The molecule has 0 saturated carbocycles. The van der Waals surface area contributed by atoms with Crippen molar-refractivity contribution in [2.24, 2.45) is 0 Å². The minimum atomic E-state index is 0.0315. The average Bonchev–Trinajstić information content (AvgIpc) is 1.89. The van der Waals surface area contributed by atoms with Crippen LogP contribution < -0.4 is 5.32 Å². The van der Waals surface area contributed by atoms with Crippen LogP contribution in [0.1, 0.15) is 6.42 Å². The molecule has 0 atom stereocenters. The highest BCUT2D eigenvalue weighted by molar-refractivity contribution is 14.1. The predicted molar refractivity (Wildman–Crippen MR) is 43.6 cm³/mol. The van der Waals surface area contributed by atoms with E-state index in [0.717, 1.165) is 0 Å². The molecule has 0 heterocycles. The number of carbonyl (C=O) groups excluding carboxylic acids is 1. The first kappa shape index (κ1) is 9.16. The van der Waals surface area contributed by atoms with Gasteiger partial charge >= 0.3 is 0 Å². The molecular weight excluding hydrogens is 233 g/mol. The maximum Gasteiger partial charge on any atom is 0.229 e. The molecule has 0 rings (SSSR count). The standard InChI is InChI=1S/C5H10INO2/c6-4-5(9)7-2-1-3-8/h8H,1-4H2,(H,7,9). The van der Waals surface area contributed by atoms with Gasteiger partial charge in [-0.2, -0.15) is 0 Å². The van der Waals surface area contributed by atoms with Gasteiger partial charge in [-0.25, -0.2) is 0 Å².